The summed E-state index contributed by atoms with van der Waals surface area (Å²) in [6.07, 6.45) is 7.95. The van der Waals surface area contributed by atoms with Crippen molar-refractivity contribution in [3.05, 3.63) is 17.8 Å². The summed E-state index contributed by atoms with van der Waals surface area (Å²) in [5.41, 5.74) is -0.0218. The summed E-state index contributed by atoms with van der Waals surface area (Å²) < 4.78 is 0. The van der Waals surface area contributed by atoms with Gasteiger partial charge in [0, 0.05) is 6.54 Å². The van der Waals surface area contributed by atoms with Gasteiger partial charge in [0.25, 0.3) is 0 Å². The second-order valence-corrected chi connectivity index (χ2v) is 4.83. The van der Waals surface area contributed by atoms with Gasteiger partial charge in [-0.15, -0.1) is 10.2 Å². The van der Waals surface area contributed by atoms with Crippen LogP contribution < -0.4 is 5.32 Å². The van der Waals surface area contributed by atoms with Crippen molar-refractivity contribution in [3.63, 3.8) is 0 Å². The maximum absolute atomic E-state index is 10.6. The Bertz CT molecular complexity index is 386. The van der Waals surface area contributed by atoms with Crippen LogP contribution in [0, 0.1) is 5.92 Å². The summed E-state index contributed by atoms with van der Waals surface area (Å²) in [7, 11) is 0. The van der Waals surface area contributed by atoms with Crippen LogP contribution in [0.3, 0.4) is 0 Å². The molecule has 2 N–H and O–H groups in total. The first-order valence-electron chi connectivity index (χ1n) is 6.56. The number of rotatable bonds is 6. The summed E-state index contributed by atoms with van der Waals surface area (Å²) in [6.45, 7) is 0.873. The lowest BCUT2D eigenvalue weighted by molar-refractivity contribution is 0.0689. The Kier molecular flexibility index (Phi) is 4.50. The molecule has 1 aliphatic carbocycles. The Morgan fingerprint density at radius 3 is 2.72 bits per heavy atom. The summed E-state index contributed by atoms with van der Waals surface area (Å²) in [6, 6.07) is 3.13. The summed E-state index contributed by atoms with van der Waals surface area (Å²) >= 11 is 0. The number of carboxylic acid groups (broad SMARTS) is 1. The van der Waals surface area contributed by atoms with Crippen LogP contribution >= 0.6 is 0 Å². The molecule has 0 atom stereocenters. The highest BCUT2D eigenvalue weighted by atomic mass is 16.4. The molecule has 1 aromatic rings. The van der Waals surface area contributed by atoms with E-state index in [-0.39, 0.29) is 5.69 Å². The zero-order chi connectivity index (χ0) is 12.8. The molecule has 18 heavy (non-hydrogen) atoms. The van der Waals surface area contributed by atoms with Crippen LogP contribution in [0.2, 0.25) is 0 Å². The van der Waals surface area contributed by atoms with Gasteiger partial charge in [0.1, 0.15) is 5.82 Å². The molecule has 0 spiro atoms. The average molecular weight is 249 g/mol. The molecule has 1 fully saturated rings. The van der Waals surface area contributed by atoms with Crippen LogP contribution in [-0.4, -0.2) is 27.8 Å². The lowest BCUT2D eigenvalue weighted by atomic mass is 10.0. The van der Waals surface area contributed by atoms with Crippen molar-refractivity contribution in [1.29, 1.82) is 0 Å². The minimum absolute atomic E-state index is 0.0218. The molecule has 5 nitrogen and oxygen atoms in total. The second-order valence-electron chi connectivity index (χ2n) is 4.83. The van der Waals surface area contributed by atoms with E-state index in [0.717, 1.165) is 18.9 Å². The van der Waals surface area contributed by atoms with E-state index in [2.05, 4.69) is 15.5 Å². The molecule has 0 bridgehead atoms. The van der Waals surface area contributed by atoms with E-state index >= 15 is 0 Å². The molecule has 1 aliphatic rings. The number of hydrogen-bond donors (Lipinski definition) is 2. The Hall–Kier alpha value is -1.65. The highest BCUT2D eigenvalue weighted by Crippen LogP contribution is 2.28. The van der Waals surface area contributed by atoms with Gasteiger partial charge < -0.3 is 10.4 Å². The fraction of sp³-hybridized carbons (Fsp3) is 0.615. The molecule has 0 unspecified atom stereocenters. The van der Waals surface area contributed by atoms with Crippen molar-refractivity contribution in [2.75, 3.05) is 11.9 Å². The molecule has 1 heterocycles. The monoisotopic (exact) mass is 249 g/mol. The molecule has 1 aromatic heterocycles. The Morgan fingerprint density at radius 2 is 2.11 bits per heavy atom. The van der Waals surface area contributed by atoms with Gasteiger partial charge in [-0.2, -0.15) is 0 Å². The molecular formula is C13H19N3O2. The average Bonchev–Trinajstić information content (AvgIpc) is 2.88. The first-order chi connectivity index (χ1) is 8.75. The Balaban J connectivity index is 1.68. The van der Waals surface area contributed by atoms with Crippen LogP contribution in [0.15, 0.2) is 12.1 Å². The van der Waals surface area contributed by atoms with Crippen LogP contribution in [0.25, 0.3) is 0 Å². The minimum atomic E-state index is -1.05. The maximum Gasteiger partial charge on any atom is 0.356 e. The van der Waals surface area contributed by atoms with Crippen LogP contribution in [-0.2, 0) is 0 Å². The zero-order valence-electron chi connectivity index (χ0n) is 10.4. The number of nitrogens with one attached hydrogen (secondary N) is 1. The molecule has 98 valence electrons. The van der Waals surface area contributed by atoms with E-state index in [1.807, 2.05) is 0 Å². The van der Waals surface area contributed by atoms with Crippen LogP contribution in [0.4, 0.5) is 5.82 Å². The number of aromatic carboxylic acids is 1. The van der Waals surface area contributed by atoms with Crippen molar-refractivity contribution >= 4 is 11.8 Å². The highest BCUT2D eigenvalue weighted by molar-refractivity contribution is 5.85. The first-order valence-corrected chi connectivity index (χ1v) is 6.56. The normalized spacial score (nSPS) is 15.8. The highest BCUT2D eigenvalue weighted by Gasteiger charge is 2.13. The smallest absolute Gasteiger partial charge is 0.356 e. The van der Waals surface area contributed by atoms with Gasteiger partial charge in [-0.3, -0.25) is 0 Å². The third-order valence-corrected chi connectivity index (χ3v) is 3.45. The number of hydrogen-bond acceptors (Lipinski definition) is 4. The van der Waals surface area contributed by atoms with E-state index in [1.54, 1.807) is 6.07 Å². The predicted molar refractivity (Wildman–Crippen MR) is 68.7 cm³/mol. The van der Waals surface area contributed by atoms with E-state index in [9.17, 15) is 4.79 Å². The third kappa shape index (κ3) is 3.68. The fourth-order valence-electron chi connectivity index (χ4n) is 2.45. The van der Waals surface area contributed by atoms with E-state index in [4.69, 9.17) is 5.11 Å². The van der Waals surface area contributed by atoms with Gasteiger partial charge >= 0.3 is 5.97 Å². The molecule has 0 aliphatic heterocycles. The summed E-state index contributed by atoms with van der Waals surface area (Å²) in [4.78, 5) is 10.6. The van der Waals surface area contributed by atoms with Gasteiger partial charge in [-0.1, -0.05) is 25.7 Å². The molecular weight excluding hydrogens is 230 g/mol. The predicted octanol–water partition coefficient (Wildman–Crippen LogP) is 2.56. The quantitative estimate of drug-likeness (QED) is 0.758. The maximum atomic E-state index is 10.6. The van der Waals surface area contributed by atoms with Gasteiger partial charge in [-0.05, 0) is 30.9 Å². The van der Waals surface area contributed by atoms with Gasteiger partial charge in [0.2, 0.25) is 0 Å². The van der Waals surface area contributed by atoms with E-state index in [1.165, 1.54) is 38.2 Å². The second kappa shape index (κ2) is 6.33. The van der Waals surface area contributed by atoms with Gasteiger partial charge in [0.15, 0.2) is 5.69 Å². The number of carbonyl (C=O) groups is 1. The van der Waals surface area contributed by atoms with Crippen LogP contribution in [0.1, 0.15) is 49.0 Å². The first kappa shape index (κ1) is 12.8. The molecule has 2 rings (SSSR count). The van der Waals surface area contributed by atoms with Crippen molar-refractivity contribution < 1.29 is 9.90 Å². The van der Waals surface area contributed by atoms with Gasteiger partial charge in [-0.25, -0.2) is 4.79 Å². The molecule has 1 saturated carbocycles. The van der Waals surface area contributed by atoms with Crippen molar-refractivity contribution in [2.45, 2.75) is 38.5 Å². The molecule has 5 heteroatoms. The SMILES string of the molecule is O=C(O)c1ccc(NCCCC2CCCC2)nn1. The van der Waals surface area contributed by atoms with E-state index in [0.29, 0.717) is 5.82 Å². The van der Waals surface area contributed by atoms with Crippen molar-refractivity contribution in [3.8, 4) is 0 Å². The number of carboxylic acids is 1. The molecule has 0 radical (unpaired) electrons. The van der Waals surface area contributed by atoms with Crippen LogP contribution in [0.5, 0.6) is 0 Å². The van der Waals surface area contributed by atoms with E-state index < -0.39 is 5.97 Å². The fourth-order valence-corrected chi connectivity index (χ4v) is 2.45. The largest absolute Gasteiger partial charge is 0.476 e. The minimum Gasteiger partial charge on any atom is -0.476 e. The lowest BCUT2D eigenvalue weighted by Gasteiger charge is -2.09. The number of anilines is 1. The third-order valence-electron chi connectivity index (χ3n) is 3.45. The summed E-state index contributed by atoms with van der Waals surface area (Å²) in [5, 5.41) is 19.3. The van der Waals surface area contributed by atoms with Gasteiger partial charge in [0.05, 0.1) is 0 Å². The molecule has 0 amide bonds. The van der Waals surface area contributed by atoms with Crippen molar-refractivity contribution in [2.24, 2.45) is 5.92 Å². The summed E-state index contributed by atoms with van der Waals surface area (Å²) in [5.74, 6) is 0.508. The Morgan fingerprint density at radius 1 is 1.33 bits per heavy atom. The number of aromatic nitrogens is 2. The molecule has 0 saturated heterocycles. The standard InChI is InChI=1S/C13H19N3O2/c17-13(18)11-7-8-12(16-15-11)14-9-3-6-10-4-1-2-5-10/h7-8,10H,1-6,9H2,(H,14,16)(H,17,18). The molecule has 0 aromatic carbocycles. The Labute approximate surface area is 107 Å². The zero-order valence-corrected chi connectivity index (χ0v) is 10.4. The number of nitrogens with zero attached hydrogens (tertiary/aromatic N) is 2. The lowest BCUT2D eigenvalue weighted by Crippen LogP contribution is -2.08. The topological polar surface area (TPSA) is 75.1 Å². The van der Waals surface area contributed by atoms with Crippen molar-refractivity contribution in [1.82, 2.24) is 10.2 Å².